The van der Waals surface area contributed by atoms with Crippen LogP contribution in [0.15, 0.2) is 12.1 Å². The second kappa shape index (κ2) is 4.91. The second-order valence-corrected chi connectivity index (χ2v) is 4.61. The van der Waals surface area contributed by atoms with Gasteiger partial charge in [-0.1, -0.05) is 0 Å². The summed E-state index contributed by atoms with van der Waals surface area (Å²) in [5, 5.41) is 0. The Hall–Kier alpha value is -2.04. The Bertz CT molecular complexity index is 566. The number of anilines is 1. The Morgan fingerprint density at radius 2 is 1.79 bits per heavy atom. The van der Waals surface area contributed by atoms with E-state index in [4.69, 9.17) is 0 Å². The zero-order chi connectivity index (χ0) is 14.2. The summed E-state index contributed by atoms with van der Waals surface area (Å²) >= 11 is 0. The molecular weight excluding hydrogens is 249 g/mol. The minimum absolute atomic E-state index is 0.0692. The Kier molecular flexibility index (Phi) is 3.46. The number of ketones is 1. The highest BCUT2D eigenvalue weighted by molar-refractivity contribution is 6.17. The van der Waals surface area contributed by atoms with E-state index >= 15 is 0 Å². The van der Waals surface area contributed by atoms with Gasteiger partial charge in [-0.3, -0.25) is 19.3 Å². The van der Waals surface area contributed by atoms with E-state index in [2.05, 4.69) is 0 Å². The average Bonchev–Trinajstić information content (AvgIpc) is 2.27. The van der Waals surface area contributed by atoms with Crippen LogP contribution in [0.4, 0.5) is 10.1 Å². The summed E-state index contributed by atoms with van der Waals surface area (Å²) in [4.78, 5) is 36.0. The fourth-order valence-electron chi connectivity index (χ4n) is 2.47. The first-order chi connectivity index (χ1) is 8.91. The molecule has 0 spiro atoms. The van der Waals surface area contributed by atoms with E-state index in [-0.39, 0.29) is 11.5 Å². The molecule has 0 bridgehead atoms. The van der Waals surface area contributed by atoms with Crippen LogP contribution < -0.4 is 4.90 Å². The van der Waals surface area contributed by atoms with Crippen molar-refractivity contribution in [3.63, 3.8) is 0 Å². The number of Topliss-reactive ketones (excluding diaryl/α,β-unsaturated/α-hetero) is 1. The lowest BCUT2D eigenvalue weighted by molar-refractivity contribution is -0.124. The van der Waals surface area contributed by atoms with Gasteiger partial charge in [0.15, 0.2) is 5.78 Å². The van der Waals surface area contributed by atoms with Crippen LogP contribution >= 0.6 is 0 Å². The molecule has 0 saturated heterocycles. The predicted molar refractivity (Wildman–Crippen MR) is 67.5 cm³/mol. The van der Waals surface area contributed by atoms with Crippen molar-refractivity contribution in [2.45, 2.75) is 33.1 Å². The van der Waals surface area contributed by atoms with Gasteiger partial charge in [0.25, 0.3) is 0 Å². The molecule has 0 fully saturated rings. The second-order valence-electron chi connectivity index (χ2n) is 4.61. The molecular formula is C14H14FNO3. The number of carbonyl (C=O) groups excluding carboxylic acids is 3. The van der Waals surface area contributed by atoms with Gasteiger partial charge in [-0.05, 0) is 30.5 Å². The Morgan fingerprint density at radius 3 is 2.37 bits per heavy atom. The third kappa shape index (κ3) is 2.41. The molecule has 1 aliphatic carbocycles. The Labute approximate surface area is 110 Å². The van der Waals surface area contributed by atoms with E-state index in [1.807, 2.05) is 0 Å². The summed E-state index contributed by atoms with van der Waals surface area (Å²) in [5.41, 5.74) is 0.941. The molecule has 1 aliphatic rings. The SMILES string of the molecule is CC(=O)N(C(C)=O)c1cc(F)cc2c1C(=O)CCC2. The van der Waals surface area contributed by atoms with E-state index in [1.165, 1.54) is 19.9 Å². The highest BCUT2D eigenvalue weighted by atomic mass is 19.1. The number of amides is 2. The van der Waals surface area contributed by atoms with Crippen molar-refractivity contribution in [3.8, 4) is 0 Å². The topological polar surface area (TPSA) is 54.5 Å². The van der Waals surface area contributed by atoms with Crippen LogP contribution in [0, 0.1) is 5.82 Å². The molecule has 0 unspecified atom stereocenters. The number of hydrogen-bond donors (Lipinski definition) is 0. The molecule has 0 aliphatic heterocycles. The Balaban J connectivity index is 2.68. The van der Waals surface area contributed by atoms with Crippen LogP contribution in [0.2, 0.25) is 0 Å². The molecule has 0 aromatic heterocycles. The van der Waals surface area contributed by atoms with E-state index < -0.39 is 17.6 Å². The van der Waals surface area contributed by atoms with Crippen molar-refractivity contribution in [2.75, 3.05) is 4.90 Å². The third-order valence-electron chi connectivity index (χ3n) is 3.16. The smallest absolute Gasteiger partial charge is 0.230 e. The number of carbonyl (C=O) groups is 3. The molecule has 0 radical (unpaired) electrons. The average molecular weight is 263 g/mol. The van der Waals surface area contributed by atoms with Crippen LogP contribution in [0.25, 0.3) is 0 Å². The van der Waals surface area contributed by atoms with Gasteiger partial charge in [0.1, 0.15) is 5.82 Å². The maximum Gasteiger partial charge on any atom is 0.230 e. The molecule has 0 saturated carbocycles. The van der Waals surface area contributed by atoms with Gasteiger partial charge in [-0.25, -0.2) is 4.39 Å². The number of aryl methyl sites for hydroxylation is 1. The van der Waals surface area contributed by atoms with Gasteiger partial charge < -0.3 is 0 Å². The maximum atomic E-state index is 13.6. The molecule has 0 atom stereocenters. The minimum atomic E-state index is -0.545. The number of fused-ring (bicyclic) bond motifs is 1. The van der Waals surface area contributed by atoms with Crippen molar-refractivity contribution in [3.05, 3.63) is 29.1 Å². The maximum absolute atomic E-state index is 13.6. The monoisotopic (exact) mass is 263 g/mol. The molecule has 0 heterocycles. The molecule has 2 amide bonds. The number of nitrogens with zero attached hydrogens (tertiary/aromatic N) is 1. The molecule has 100 valence electrons. The minimum Gasteiger partial charge on any atom is -0.294 e. The van der Waals surface area contributed by atoms with Gasteiger partial charge >= 0.3 is 0 Å². The summed E-state index contributed by atoms with van der Waals surface area (Å²) in [5.74, 6) is -1.75. The van der Waals surface area contributed by atoms with Gasteiger partial charge in [0.05, 0.1) is 5.69 Å². The molecule has 5 heteroatoms. The summed E-state index contributed by atoms with van der Waals surface area (Å²) in [6.45, 7) is 2.43. The summed E-state index contributed by atoms with van der Waals surface area (Å²) in [7, 11) is 0. The normalized spacial score (nSPS) is 13.9. The van der Waals surface area contributed by atoms with E-state index in [0.29, 0.717) is 30.4 Å². The van der Waals surface area contributed by atoms with Crippen molar-refractivity contribution >= 4 is 23.3 Å². The molecule has 0 N–H and O–H groups in total. The van der Waals surface area contributed by atoms with E-state index in [0.717, 1.165) is 11.0 Å². The van der Waals surface area contributed by atoms with Crippen molar-refractivity contribution in [2.24, 2.45) is 0 Å². The van der Waals surface area contributed by atoms with Crippen molar-refractivity contribution < 1.29 is 18.8 Å². The lowest BCUT2D eigenvalue weighted by Crippen LogP contribution is -2.35. The molecule has 1 aromatic rings. The standard InChI is InChI=1S/C14H14FNO3/c1-8(17)16(9(2)18)12-7-11(15)6-10-4-3-5-13(19)14(10)12/h6-7H,3-5H2,1-2H3. The van der Waals surface area contributed by atoms with Gasteiger partial charge in [-0.15, -0.1) is 0 Å². The van der Waals surface area contributed by atoms with Gasteiger partial charge in [0.2, 0.25) is 11.8 Å². The fraction of sp³-hybridized carbons (Fsp3) is 0.357. The summed E-state index contributed by atoms with van der Waals surface area (Å²) in [6, 6.07) is 2.37. The van der Waals surface area contributed by atoms with Crippen molar-refractivity contribution in [1.29, 1.82) is 0 Å². The zero-order valence-corrected chi connectivity index (χ0v) is 10.8. The first-order valence-electron chi connectivity index (χ1n) is 6.08. The quantitative estimate of drug-likeness (QED) is 0.780. The highest BCUT2D eigenvalue weighted by Gasteiger charge is 2.28. The largest absolute Gasteiger partial charge is 0.294 e. The van der Waals surface area contributed by atoms with Crippen LogP contribution in [0.5, 0.6) is 0 Å². The number of imide groups is 1. The van der Waals surface area contributed by atoms with Crippen LogP contribution in [0.1, 0.15) is 42.6 Å². The first kappa shape index (κ1) is 13.4. The lowest BCUT2D eigenvalue weighted by Gasteiger charge is -2.24. The highest BCUT2D eigenvalue weighted by Crippen LogP contribution is 2.32. The molecule has 2 rings (SSSR count). The van der Waals surface area contributed by atoms with Gasteiger partial charge in [-0.2, -0.15) is 0 Å². The number of halogens is 1. The molecule has 1 aromatic carbocycles. The predicted octanol–water partition coefficient (Wildman–Crippen LogP) is 2.24. The van der Waals surface area contributed by atoms with Gasteiger partial charge in [0, 0.05) is 25.8 Å². The fourth-order valence-corrected chi connectivity index (χ4v) is 2.47. The van der Waals surface area contributed by atoms with Crippen LogP contribution in [0.3, 0.4) is 0 Å². The number of hydrogen-bond acceptors (Lipinski definition) is 3. The van der Waals surface area contributed by atoms with Crippen LogP contribution in [-0.2, 0) is 16.0 Å². The third-order valence-corrected chi connectivity index (χ3v) is 3.16. The molecule has 4 nitrogen and oxygen atoms in total. The first-order valence-corrected chi connectivity index (χ1v) is 6.08. The molecule has 19 heavy (non-hydrogen) atoms. The summed E-state index contributed by atoms with van der Waals surface area (Å²) < 4.78 is 13.6. The van der Waals surface area contributed by atoms with E-state index in [9.17, 15) is 18.8 Å². The van der Waals surface area contributed by atoms with Crippen LogP contribution in [-0.4, -0.2) is 17.6 Å². The van der Waals surface area contributed by atoms with E-state index in [1.54, 1.807) is 0 Å². The lowest BCUT2D eigenvalue weighted by atomic mass is 9.88. The number of rotatable bonds is 1. The number of benzene rings is 1. The summed E-state index contributed by atoms with van der Waals surface area (Å²) in [6.07, 6.45) is 1.60. The van der Waals surface area contributed by atoms with Crippen molar-refractivity contribution in [1.82, 2.24) is 0 Å². The Morgan fingerprint density at radius 1 is 1.16 bits per heavy atom. The zero-order valence-electron chi connectivity index (χ0n) is 10.8.